The molecule has 94 valence electrons. The molecule has 0 atom stereocenters. The SMILES string of the molecule is COC(=O)CCCOc1ccc(C)nc1CN. The summed E-state index contributed by atoms with van der Waals surface area (Å²) in [6.45, 7) is 2.70. The summed E-state index contributed by atoms with van der Waals surface area (Å²) in [5.41, 5.74) is 7.23. The van der Waals surface area contributed by atoms with Crippen molar-refractivity contribution in [1.82, 2.24) is 4.98 Å². The quantitative estimate of drug-likeness (QED) is 0.595. The summed E-state index contributed by atoms with van der Waals surface area (Å²) in [6, 6.07) is 3.72. The first-order valence-corrected chi connectivity index (χ1v) is 5.53. The second kappa shape index (κ2) is 6.85. The molecular weight excluding hydrogens is 220 g/mol. The van der Waals surface area contributed by atoms with Gasteiger partial charge in [-0.15, -0.1) is 0 Å². The third-order valence-corrected chi connectivity index (χ3v) is 2.28. The van der Waals surface area contributed by atoms with Crippen LogP contribution in [0.3, 0.4) is 0 Å². The van der Waals surface area contributed by atoms with Crippen molar-refractivity contribution < 1.29 is 14.3 Å². The average molecular weight is 238 g/mol. The maximum Gasteiger partial charge on any atom is 0.305 e. The lowest BCUT2D eigenvalue weighted by molar-refractivity contribution is -0.140. The monoisotopic (exact) mass is 238 g/mol. The Labute approximate surface area is 101 Å². The lowest BCUT2D eigenvalue weighted by Crippen LogP contribution is -2.08. The van der Waals surface area contributed by atoms with E-state index in [4.69, 9.17) is 10.5 Å². The van der Waals surface area contributed by atoms with Crippen molar-refractivity contribution in [2.24, 2.45) is 5.73 Å². The predicted molar refractivity (Wildman–Crippen MR) is 63.6 cm³/mol. The summed E-state index contributed by atoms with van der Waals surface area (Å²) >= 11 is 0. The number of nitrogens with zero attached hydrogens (tertiary/aromatic N) is 1. The fraction of sp³-hybridized carbons (Fsp3) is 0.500. The van der Waals surface area contributed by atoms with Gasteiger partial charge in [0, 0.05) is 18.7 Å². The number of esters is 1. The Kier molecular flexibility index (Phi) is 5.42. The molecule has 1 aromatic heterocycles. The minimum atomic E-state index is -0.227. The van der Waals surface area contributed by atoms with Crippen LogP contribution in [-0.4, -0.2) is 24.7 Å². The van der Waals surface area contributed by atoms with Crippen molar-refractivity contribution in [3.63, 3.8) is 0 Å². The van der Waals surface area contributed by atoms with Gasteiger partial charge in [-0.2, -0.15) is 0 Å². The Hall–Kier alpha value is -1.62. The van der Waals surface area contributed by atoms with E-state index in [0.29, 0.717) is 31.7 Å². The number of hydrogen-bond donors (Lipinski definition) is 1. The van der Waals surface area contributed by atoms with E-state index in [9.17, 15) is 4.79 Å². The maximum absolute atomic E-state index is 10.9. The van der Waals surface area contributed by atoms with Crippen LogP contribution in [0.2, 0.25) is 0 Å². The number of ether oxygens (including phenoxy) is 2. The van der Waals surface area contributed by atoms with E-state index in [1.807, 2.05) is 19.1 Å². The van der Waals surface area contributed by atoms with Gasteiger partial charge in [-0.25, -0.2) is 0 Å². The molecule has 0 fully saturated rings. The number of rotatable bonds is 6. The number of hydrogen-bond acceptors (Lipinski definition) is 5. The van der Waals surface area contributed by atoms with Gasteiger partial charge in [0.2, 0.25) is 0 Å². The third kappa shape index (κ3) is 4.40. The van der Waals surface area contributed by atoms with Crippen LogP contribution in [0.5, 0.6) is 5.75 Å². The van der Waals surface area contributed by atoms with E-state index in [-0.39, 0.29) is 5.97 Å². The summed E-state index contributed by atoms with van der Waals surface area (Å²) in [5, 5.41) is 0. The first-order valence-electron chi connectivity index (χ1n) is 5.53. The van der Waals surface area contributed by atoms with Crippen molar-refractivity contribution in [2.45, 2.75) is 26.3 Å². The summed E-state index contributed by atoms with van der Waals surface area (Å²) in [5.74, 6) is 0.456. The molecule has 0 aliphatic rings. The first-order chi connectivity index (χ1) is 8.17. The molecule has 0 amide bonds. The Bertz CT molecular complexity index is 380. The van der Waals surface area contributed by atoms with Gasteiger partial charge in [-0.3, -0.25) is 9.78 Å². The summed E-state index contributed by atoms with van der Waals surface area (Å²) in [4.78, 5) is 15.2. The second-order valence-electron chi connectivity index (χ2n) is 3.63. The number of aromatic nitrogens is 1. The van der Waals surface area contributed by atoms with E-state index >= 15 is 0 Å². The van der Waals surface area contributed by atoms with Crippen molar-refractivity contribution in [1.29, 1.82) is 0 Å². The highest BCUT2D eigenvalue weighted by molar-refractivity contribution is 5.69. The third-order valence-electron chi connectivity index (χ3n) is 2.28. The van der Waals surface area contributed by atoms with E-state index in [1.54, 1.807) is 0 Å². The van der Waals surface area contributed by atoms with Gasteiger partial charge in [-0.1, -0.05) is 0 Å². The van der Waals surface area contributed by atoms with Crippen LogP contribution >= 0.6 is 0 Å². The van der Waals surface area contributed by atoms with E-state index < -0.39 is 0 Å². The molecule has 2 N–H and O–H groups in total. The van der Waals surface area contributed by atoms with Crippen LogP contribution in [-0.2, 0) is 16.1 Å². The molecule has 5 nitrogen and oxygen atoms in total. The topological polar surface area (TPSA) is 74.4 Å². The standard InChI is InChI=1S/C12H18N2O3/c1-9-5-6-11(10(8-13)14-9)17-7-3-4-12(15)16-2/h5-6H,3-4,7-8,13H2,1-2H3. The van der Waals surface area contributed by atoms with Gasteiger partial charge in [0.1, 0.15) is 5.75 Å². The fourth-order valence-electron chi connectivity index (χ4n) is 1.38. The highest BCUT2D eigenvalue weighted by atomic mass is 16.5. The Morgan fingerprint density at radius 2 is 2.24 bits per heavy atom. The zero-order chi connectivity index (χ0) is 12.7. The van der Waals surface area contributed by atoms with Crippen LogP contribution in [0.15, 0.2) is 12.1 Å². The van der Waals surface area contributed by atoms with Crippen molar-refractivity contribution >= 4 is 5.97 Å². The van der Waals surface area contributed by atoms with Crippen LogP contribution in [0.4, 0.5) is 0 Å². The van der Waals surface area contributed by atoms with Crippen LogP contribution in [0.25, 0.3) is 0 Å². The van der Waals surface area contributed by atoms with Crippen molar-refractivity contribution in [3.05, 3.63) is 23.5 Å². The number of pyridine rings is 1. The van der Waals surface area contributed by atoms with Gasteiger partial charge in [0.05, 0.1) is 19.4 Å². The molecule has 5 heteroatoms. The first kappa shape index (κ1) is 13.4. The Morgan fingerprint density at radius 1 is 1.47 bits per heavy atom. The van der Waals surface area contributed by atoms with Crippen LogP contribution in [0.1, 0.15) is 24.2 Å². The number of nitrogens with two attached hydrogens (primary N) is 1. The van der Waals surface area contributed by atoms with Crippen molar-refractivity contribution in [2.75, 3.05) is 13.7 Å². The summed E-state index contributed by atoms with van der Waals surface area (Å²) in [7, 11) is 1.37. The fourth-order valence-corrected chi connectivity index (χ4v) is 1.38. The van der Waals surface area contributed by atoms with Crippen molar-refractivity contribution in [3.8, 4) is 5.75 Å². The molecule has 0 aliphatic carbocycles. The van der Waals surface area contributed by atoms with Crippen LogP contribution < -0.4 is 10.5 Å². The largest absolute Gasteiger partial charge is 0.492 e. The lowest BCUT2D eigenvalue weighted by atomic mass is 10.3. The number of carbonyl (C=O) groups excluding carboxylic acids is 1. The zero-order valence-corrected chi connectivity index (χ0v) is 10.2. The van der Waals surface area contributed by atoms with Crippen LogP contribution in [0, 0.1) is 6.92 Å². The molecule has 1 aromatic rings. The van der Waals surface area contributed by atoms with E-state index in [0.717, 1.165) is 11.4 Å². The highest BCUT2D eigenvalue weighted by Gasteiger charge is 2.05. The molecule has 1 rings (SSSR count). The Balaban J connectivity index is 2.43. The van der Waals surface area contributed by atoms with E-state index in [1.165, 1.54) is 7.11 Å². The molecule has 0 radical (unpaired) electrons. The molecule has 0 saturated heterocycles. The van der Waals surface area contributed by atoms with Gasteiger partial charge in [0.15, 0.2) is 0 Å². The van der Waals surface area contributed by atoms with Gasteiger partial charge in [0.25, 0.3) is 0 Å². The molecule has 0 spiro atoms. The van der Waals surface area contributed by atoms with E-state index in [2.05, 4.69) is 9.72 Å². The maximum atomic E-state index is 10.9. The number of carbonyl (C=O) groups is 1. The molecule has 0 aliphatic heterocycles. The molecular formula is C12H18N2O3. The average Bonchev–Trinajstić information content (AvgIpc) is 2.35. The van der Waals surface area contributed by atoms with Gasteiger partial charge in [-0.05, 0) is 25.5 Å². The molecule has 0 saturated carbocycles. The minimum Gasteiger partial charge on any atom is -0.492 e. The summed E-state index contributed by atoms with van der Waals surface area (Å²) in [6.07, 6.45) is 0.971. The minimum absolute atomic E-state index is 0.227. The molecule has 0 aromatic carbocycles. The zero-order valence-electron chi connectivity index (χ0n) is 10.2. The smallest absolute Gasteiger partial charge is 0.305 e. The second-order valence-corrected chi connectivity index (χ2v) is 3.63. The normalized spacial score (nSPS) is 10.1. The number of methoxy groups -OCH3 is 1. The van der Waals surface area contributed by atoms with Gasteiger partial charge >= 0.3 is 5.97 Å². The number of aryl methyl sites for hydroxylation is 1. The molecule has 0 bridgehead atoms. The Morgan fingerprint density at radius 3 is 2.88 bits per heavy atom. The lowest BCUT2D eigenvalue weighted by Gasteiger charge is -2.09. The van der Waals surface area contributed by atoms with Gasteiger partial charge < -0.3 is 15.2 Å². The summed E-state index contributed by atoms with van der Waals surface area (Å²) < 4.78 is 10.1. The highest BCUT2D eigenvalue weighted by Crippen LogP contribution is 2.16. The molecule has 17 heavy (non-hydrogen) atoms. The molecule has 0 unspecified atom stereocenters. The molecule has 1 heterocycles. The predicted octanol–water partition coefficient (Wildman–Crippen LogP) is 1.18.